The molecule has 0 fully saturated rings. The van der Waals surface area contributed by atoms with E-state index in [2.05, 4.69) is 46.5 Å². The van der Waals surface area contributed by atoms with Crippen molar-refractivity contribution in [3.63, 3.8) is 0 Å². The Morgan fingerprint density at radius 3 is 2.45 bits per heavy atom. The summed E-state index contributed by atoms with van der Waals surface area (Å²) < 4.78 is 4.24. The topological polar surface area (TPSA) is 51.4 Å². The molecule has 0 atom stereocenters. The van der Waals surface area contributed by atoms with Gasteiger partial charge in [-0.05, 0) is 19.1 Å². The number of aromatic nitrogens is 5. The summed E-state index contributed by atoms with van der Waals surface area (Å²) >= 11 is 5.18. The summed E-state index contributed by atoms with van der Waals surface area (Å²) in [7, 11) is 3.80. The molecule has 0 amide bonds. The molecule has 20 heavy (non-hydrogen) atoms. The minimum absolute atomic E-state index is 0.596. The van der Waals surface area contributed by atoms with Gasteiger partial charge in [0.25, 0.3) is 0 Å². The third kappa shape index (κ3) is 2.08. The molecule has 1 aromatic carbocycles. The first-order valence-corrected chi connectivity index (χ1v) is 6.69. The fourth-order valence-electron chi connectivity index (χ4n) is 2.16. The standard InChI is InChI=1S/C14H15N5S/c1-9-4-6-10(7-5-9)12-11(8-18(2)17-12)13-15-16-14(20)19(13)3/h4-8H,1-3H3,(H,16,20). The monoisotopic (exact) mass is 285 g/mol. The van der Waals surface area contributed by atoms with Crippen LogP contribution in [-0.4, -0.2) is 24.5 Å². The van der Waals surface area contributed by atoms with Crippen LogP contribution in [-0.2, 0) is 14.1 Å². The van der Waals surface area contributed by atoms with E-state index in [1.54, 1.807) is 4.68 Å². The van der Waals surface area contributed by atoms with E-state index in [1.165, 1.54) is 5.56 Å². The lowest BCUT2D eigenvalue weighted by atomic mass is 10.1. The molecule has 5 nitrogen and oxygen atoms in total. The molecule has 0 saturated heterocycles. The molecule has 102 valence electrons. The Morgan fingerprint density at radius 1 is 1.15 bits per heavy atom. The Balaban J connectivity index is 2.20. The highest BCUT2D eigenvalue weighted by Gasteiger charge is 2.16. The Hall–Kier alpha value is -2.21. The molecule has 0 saturated carbocycles. The average Bonchev–Trinajstić information content (AvgIpc) is 2.95. The zero-order valence-electron chi connectivity index (χ0n) is 11.6. The number of rotatable bonds is 2. The second kappa shape index (κ2) is 4.72. The predicted molar refractivity (Wildman–Crippen MR) is 80.8 cm³/mol. The second-order valence-electron chi connectivity index (χ2n) is 4.84. The molecule has 0 aliphatic carbocycles. The summed E-state index contributed by atoms with van der Waals surface area (Å²) in [6, 6.07) is 8.30. The number of nitrogens with one attached hydrogen (secondary N) is 1. The molecule has 0 bridgehead atoms. The minimum Gasteiger partial charge on any atom is -0.303 e. The summed E-state index contributed by atoms with van der Waals surface area (Å²) in [5.74, 6) is 0.790. The zero-order valence-corrected chi connectivity index (χ0v) is 12.4. The van der Waals surface area contributed by atoms with Crippen molar-refractivity contribution < 1.29 is 0 Å². The first-order chi connectivity index (χ1) is 9.56. The van der Waals surface area contributed by atoms with Crippen LogP contribution in [0.15, 0.2) is 30.5 Å². The lowest BCUT2D eigenvalue weighted by Gasteiger charge is -2.02. The van der Waals surface area contributed by atoms with Crippen molar-refractivity contribution in [2.24, 2.45) is 14.1 Å². The summed E-state index contributed by atoms with van der Waals surface area (Å²) in [4.78, 5) is 0. The van der Waals surface area contributed by atoms with E-state index in [9.17, 15) is 0 Å². The fraction of sp³-hybridized carbons (Fsp3) is 0.214. The minimum atomic E-state index is 0.596. The maximum atomic E-state index is 5.18. The smallest absolute Gasteiger partial charge is 0.195 e. The summed E-state index contributed by atoms with van der Waals surface area (Å²) in [6.45, 7) is 2.07. The van der Waals surface area contributed by atoms with Crippen LogP contribution < -0.4 is 0 Å². The van der Waals surface area contributed by atoms with Crippen molar-refractivity contribution in [1.82, 2.24) is 24.5 Å². The van der Waals surface area contributed by atoms with Gasteiger partial charge in [-0.2, -0.15) is 10.2 Å². The Kier molecular flexibility index (Phi) is 3.02. The normalized spacial score (nSPS) is 10.9. The molecule has 0 aliphatic rings. The van der Waals surface area contributed by atoms with E-state index in [0.29, 0.717) is 4.77 Å². The summed E-state index contributed by atoms with van der Waals surface area (Å²) in [5.41, 5.74) is 4.17. The molecule has 0 spiro atoms. The van der Waals surface area contributed by atoms with Crippen molar-refractivity contribution in [3.05, 3.63) is 40.8 Å². The predicted octanol–water partition coefficient (Wildman–Crippen LogP) is 2.85. The number of nitrogens with zero attached hydrogens (tertiary/aromatic N) is 4. The Labute approximate surface area is 121 Å². The van der Waals surface area contributed by atoms with Crippen LogP contribution in [0.4, 0.5) is 0 Å². The van der Waals surface area contributed by atoms with Crippen molar-refractivity contribution in [2.45, 2.75) is 6.92 Å². The van der Waals surface area contributed by atoms with Gasteiger partial charge in [-0.3, -0.25) is 9.78 Å². The number of aryl methyl sites for hydroxylation is 2. The van der Waals surface area contributed by atoms with Gasteiger partial charge in [-0.15, -0.1) is 0 Å². The first-order valence-electron chi connectivity index (χ1n) is 6.28. The summed E-state index contributed by atoms with van der Waals surface area (Å²) in [6.07, 6.45) is 1.96. The molecular formula is C14H15N5S. The first kappa shape index (κ1) is 12.8. The third-order valence-electron chi connectivity index (χ3n) is 3.27. The number of benzene rings is 1. The number of H-pyrrole nitrogens is 1. The number of hydrogen-bond acceptors (Lipinski definition) is 3. The lowest BCUT2D eigenvalue weighted by Crippen LogP contribution is -1.93. The van der Waals surface area contributed by atoms with Crippen LogP contribution in [0.25, 0.3) is 22.6 Å². The maximum Gasteiger partial charge on any atom is 0.195 e. The highest BCUT2D eigenvalue weighted by atomic mass is 32.1. The van der Waals surface area contributed by atoms with Crippen molar-refractivity contribution in [3.8, 4) is 22.6 Å². The molecule has 0 radical (unpaired) electrons. The van der Waals surface area contributed by atoms with Gasteiger partial charge in [0.2, 0.25) is 0 Å². The van der Waals surface area contributed by atoms with Gasteiger partial charge in [0.1, 0.15) is 5.69 Å². The van der Waals surface area contributed by atoms with Gasteiger partial charge in [-0.25, -0.2) is 0 Å². The van der Waals surface area contributed by atoms with Crippen LogP contribution in [0.3, 0.4) is 0 Å². The highest BCUT2D eigenvalue weighted by Crippen LogP contribution is 2.29. The highest BCUT2D eigenvalue weighted by molar-refractivity contribution is 7.71. The van der Waals surface area contributed by atoms with E-state index < -0.39 is 0 Å². The molecule has 2 heterocycles. The van der Waals surface area contributed by atoms with E-state index >= 15 is 0 Å². The van der Waals surface area contributed by atoms with Crippen molar-refractivity contribution in [2.75, 3.05) is 0 Å². The van der Waals surface area contributed by atoms with Gasteiger partial charge >= 0.3 is 0 Å². The number of aromatic amines is 1. The molecular weight excluding hydrogens is 270 g/mol. The van der Waals surface area contributed by atoms with Crippen LogP contribution in [0.2, 0.25) is 0 Å². The molecule has 0 unspecified atom stereocenters. The largest absolute Gasteiger partial charge is 0.303 e. The zero-order chi connectivity index (χ0) is 14.3. The van der Waals surface area contributed by atoms with E-state index in [4.69, 9.17) is 12.2 Å². The molecule has 1 N–H and O–H groups in total. The van der Waals surface area contributed by atoms with Gasteiger partial charge in [0, 0.05) is 25.9 Å². The number of hydrogen-bond donors (Lipinski definition) is 1. The van der Waals surface area contributed by atoms with Gasteiger partial charge in [0.05, 0.1) is 5.56 Å². The Bertz CT molecular complexity index is 807. The molecule has 6 heteroatoms. The summed E-state index contributed by atoms with van der Waals surface area (Å²) in [5, 5.41) is 11.7. The van der Waals surface area contributed by atoms with E-state index in [0.717, 1.165) is 22.6 Å². The molecule has 0 aliphatic heterocycles. The van der Waals surface area contributed by atoms with Gasteiger partial charge in [0.15, 0.2) is 10.6 Å². The Morgan fingerprint density at radius 2 is 1.85 bits per heavy atom. The molecule has 3 aromatic rings. The van der Waals surface area contributed by atoms with Gasteiger partial charge < -0.3 is 4.57 Å². The van der Waals surface area contributed by atoms with Crippen LogP contribution in [0.5, 0.6) is 0 Å². The quantitative estimate of drug-likeness (QED) is 0.737. The van der Waals surface area contributed by atoms with Crippen LogP contribution >= 0.6 is 12.2 Å². The van der Waals surface area contributed by atoms with Crippen molar-refractivity contribution >= 4 is 12.2 Å². The molecule has 2 aromatic heterocycles. The second-order valence-corrected chi connectivity index (χ2v) is 5.23. The fourth-order valence-corrected chi connectivity index (χ4v) is 2.30. The third-order valence-corrected chi connectivity index (χ3v) is 3.64. The van der Waals surface area contributed by atoms with Crippen LogP contribution in [0.1, 0.15) is 5.56 Å². The molecule has 3 rings (SSSR count). The van der Waals surface area contributed by atoms with Crippen LogP contribution in [0, 0.1) is 11.7 Å². The maximum absolute atomic E-state index is 5.18. The lowest BCUT2D eigenvalue weighted by molar-refractivity contribution is 0.771. The van der Waals surface area contributed by atoms with E-state index in [-0.39, 0.29) is 0 Å². The van der Waals surface area contributed by atoms with Gasteiger partial charge in [-0.1, -0.05) is 29.8 Å². The SMILES string of the molecule is Cc1ccc(-c2nn(C)cc2-c2n[nH]c(=S)n2C)cc1. The average molecular weight is 285 g/mol. The van der Waals surface area contributed by atoms with E-state index in [1.807, 2.05) is 24.9 Å². The van der Waals surface area contributed by atoms with Crippen molar-refractivity contribution in [1.29, 1.82) is 0 Å².